The molecule has 1 atom stereocenters. The van der Waals surface area contributed by atoms with E-state index >= 15 is 0 Å². The molecule has 0 saturated heterocycles. The number of nitrogens with two attached hydrogens (primary N) is 1. The normalized spacial score (nSPS) is 15.3. The topological polar surface area (TPSA) is 44.5 Å². The smallest absolute Gasteiger partial charge is 0.231 e. The van der Waals surface area contributed by atoms with Crippen LogP contribution < -0.4 is 15.2 Å². The molecule has 3 heteroatoms. The van der Waals surface area contributed by atoms with E-state index in [1.54, 1.807) is 0 Å². The molecule has 2 N–H and O–H groups in total. The summed E-state index contributed by atoms with van der Waals surface area (Å²) in [5.74, 6) is 1.65. The van der Waals surface area contributed by atoms with Gasteiger partial charge < -0.3 is 15.2 Å². The average molecular weight is 207 g/mol. The molecule has 0 spiro atoms. The first-order valence-electron chi connectivity index (χ1n) is 5.47. The second-order valence-corrected chi connectivity index (χ2v) is 3.83. The molecule has 0 aliphatic carbocycles. The van der Waals surface area contributed by atoms with E-state index < -0.39 is 0 Å². The third kappa shape index (κ3) is 2.07. The van der Waals surface area contributed by atoms with Gasteiger partial charge in [0, 0.05) is 11.6 Å². The second kappa shape index (κ2) is 4.53. The summed E-state index contributed by atoms with van der Waals surface area (Å²) in [6, 6.07) is 5.96. The molecule has 3 nitrogen and oxygen atoms in total. The van der Waals surface area contributed by atoms with Crippen molar-refractivity contribution in [1.82, 2.24) is 0 Å². The Kier molecular flexibility index (Phi) is 3.11. The molecular weight excluding hydrogens is 190 g/mol. The van der Waals surface area contributed by atoms with E-state index in [1.165, 1.54) is 6.42 Å². The third-order valence-electron chi connectivity index (χ3n) is 2.70. The maximum atomic E-state index is 6.12. The minimum atomic E-state index is 0.0570. The van der Waals surface area contributed by atoms with Crippen molar-refractivity contribution in [3.8, 4) is 11.5 Å². The van der Waals surface area contributed by atoms with Crippen molar-refractivity contribution in [2.24, 2.45) is 5.73 Å². The van der Waals surface area contributed by atoms with Crippen molar-refractivity contribution in [3.05, 3.63) is 23.8 Å². The number of para-hydroxylation sites is 1. The van der Waals surface area contributed by atoms with Gasteiger partial charge in [-0.25, -0.2) is 0 Å². The van der Waals surface area contributed by atoms with Crippen molar-refractivity contribution in [1.29, 1.82) is 0 Å². The van der Waals surface area contributed by atoms with Crippen molar-refractivity contribution in [2.45, 2.75) is 32.2 Å². The van der Waals surface area contributed by atoms with Crippen LogP contribution in [-0.4, -0.2) is 6.79 Å². The van der Waals surface area contributed by atoms with E-state index in [4.69, 9.17) is 15.2 Å². The number of benzene rings is 1. The molecule has 1 aromatic rings. The molecular formula is C12H17NO2. The summed E-state index contributed by atoms with van der Waals surface area (Å²) in [5.41, 5.74) is 7.19. The zero-order valence-corrected chi connectivity index (χ0v) is 9.03. The first kappa shape index (κ1) is 10.3. The molecule has 0 radical (unpaired) electrons. The van der Waals surface area contributed by atoms with Gasteiger partial charge in [-0.05, 0) is 12.5 Å². The fourth-order valence-electron chi connectivity index (χ4n) is 1.82. The molecule has 0 fully saturated rings. The number of ether oxygens (including phenoxy) is 2. The fraction of sp³-hybridized carbons (Fsp3) is 0.500. The van der Waals surface area contributed by atoms with Crippen LogP contribution in [0.3, 0.4) is 0 Å². The summed E-state index contributed by atoms with van der Waals surface area (Å²) in [5, 5.41) is 0. The number of rotatable bonds is 4. The molecule has 0 bridgehead atoms. The molecule has 0 amide bonds. The highest BCUT2D eigenvalue weighted by atomic mass is 16.7. The van der Waals surface area contributed by atoms with Gasteiger partial charge in [-0.15, -0.1) is 0 Å². The van der Waals surface area contributed by atoms with E-state index in [0.717, 1.165) is 29.9 Å². The van der Waals surface area contributed by atoms with Gasteiger partial charge in [0.25, 0.3) is 0 Å². The summed E-state index contributed by atoms with van der Waals surface area (Å²) in [6.07, 6.45) is 3.31. The van der Waals surface area contributed by atoms with Crippen LogP contribution in [0.1, 0.15) is 37.8 Å². The maximum Gasteiger partial charge on any atom is 0.231 e. The molecule has 15 heavy (non-hydrogen) atoms. The van der Waals surface area contributed by atoms with Crippen LogP contribution in [0.15, 0.2) is 18.2 Å². The highest BCUT2D eigenvalue weighted by molar-refractivity contribution is 5.49. The zero-order chi connectivity index (χ0) is 10.7. The van der Waals surface area contributed by atoms with E-state index in [2.05, 4.69) is 6.92 Å². The Balaban J connectivity index is 2.17. The standard InChI is InChI=1S/C12H17NO2/c1-2-3-6-10(13)9-5-4-7-11-12(9)15-8-14-11/h4-5,7,10H,2-3,6,8,13H2,1H3/t10-/m0/s1. The summed E-state index contributed by atoms with van der Waals surface area (Å²) >= 11 is 0. The lowest BCUT2D eigenvalue weighted by Gasteiger charge is -2.13. The molecule has 0 aromatic heterocycles. The molecule has 2 rings (SSSR count). The van der Waals surface area contributed by atoms with Gasteiger partial charge in [0.1, 0.15) is 0 Å². The number of unbranched alkanes of at least 4 members (excludes halogenated alkanes) is 1. The first-order chi connectivity index (χ1) is 7.33. The largest absolute Gasteiger partial charge is 0.454 e. The second-order valence-electron chi connectivity index (χ2n) is 3.83. The van der Waals surface area contributed by atoms with Gasteiger partial charge >= 0.3 is 0 Å². The van der Waals surface area contributed by atoms with Crippen molar-refractivity contribution >= 4 is 0 Å². The summed E-state index contributed by atoms with van der Waals surface area (Å²) < 4.78 is 10.7. The average Bonchev–Trinajstić information content (AvgIpc) is 2.73. The fourth-order valence-corrected chi connectivity index (χ4v) is 1.82. The first-order valence-corrected chi connectivity index (χ1v) is 5.47. The molecule has 82 valence electrons. The molecule has 1 aliphatic rings. The van der Waals surface area contributed by atoms with Crippen LogP contribution in [0.25, 0.3) is 0 Å². The van der Waals surface area contributed by atoms with Crippen molar-refractivity contribution in [2.75, 3.05) is 6.79 Å². The quantitative estimate of drug-likeness (QED) is 0.825. The van der Waals surface area contributed by atoms with Gasteiger partial charge in [0.15, 0.2) is 11.5 Å². The van der Waals surface area contributed by atoms with Crippen molar-refractivity contribution < 1.29 is 9.47 Å². The Labute approximate surface area is 90.2 Å². The van der Waals surface area contributed by atoms with E-state index in [0.29, 0.717) is 6.79 Å². The predicted molar refractivity (Wildman–Crippen MR) is 59.0 cm³/mol. The van der Waals surface area contributed by atoms with Gasteiger partial charge in [0.2, 0.25) is 6.79 Å². The van der Waals surface area contributed by atoms with Crippen LogP contribution in [0, 0.1) is 0 Å². The number of fused-ring (bicyclic) bond motifs is 1. The molecule has 1 heterocycles. The lowest BCUT2D eigenvalue weighted by Crippen LogP contribution is -2.10. The van der Waals surface area contributed by atoms with E-state index in [1.807, 2.05) is 18.2 Å². The Morgan fingerprint density at radius 2 is 2.27 bits per heavy atom. The van der Waals surface area contributed by atoms with Crippen LogP contribution in [0.4, 0.5) is 0 Å². The van der Waals surface area contributed by atoms with Crippen LogP contribution in [0.5, 0.6) is 11.5 Å². The van der Waals surface area contributed by atoms with E-state index in [9.17, 15) is 0 Å². The Bertz CT molecular complexity index is 338. The maximum absolute atomic E-state index is 6.12. The van der Waals surface area contributed by atoms with Crippen LogP contribution in [-0.2, 0) is 0 Å². The highest BCUT2D eigenvalue weighted by Crippen LogP contribution is 2.38. The number of hydrogen-bond donors (Lipinski definition) is 1. The van der Waals surface area contributed by atoms with Gasteiger partial charge in [-0.2, -0.15) is 0 Å². The Morgan fingerprint density at radius 1 is 1.40 bits per heavy atom. The lowest BCUT2D eigenvalue weighted by molar-refractivity contribution is 0.173. The Morgan fingerprint density at radius 3 is 3.07 bits per heavy atom. The van der Waals surface area contributed by atoms with Gasteiger partial charge in [0.05, 0.1) is 0 Å². The summed E-state index contributed by atoms with van der Waals surface area (Å²) in [6.45, 7) is 2.48. The molecule has 1 aliphatic heterocycles. The van der Waals surface area contributed by atoms with Crippen molar-refractivity contribution in [3.63, 3.8) is 0 Å². The molecule has 0 unspecified atom stereocenters. The van der Waals surface area contributed by atoms with Gasteiger partial charge in [-0.1, -0.05) is 31.9 Å². The Hall–Kier alpha value is -1.22. The minimum absolute atomic E-state index is 0.0570. The molecule has 1 aromatic carbocycles. The monoisotopic (exact) mass is 207 g/mol. The summed E-state index contributed by atoms with van der Waals surface area (Å²) in [4.78, 5) is 0. The number of hydrogen-bond acceptors (Lipinski definition) is 3. The predicted octanol–water partition coefficient (Wildman–Crippen LogP) is 2.61. The summed E-state index contributed by atoms with van der Waals surface area (Å²) in [7, 11) is 0. The van der Waals surface area contributed by atoms with Crippen LogP contribution >= 0.6 is 0 Å². The van der Waals surface area contributed by atoms with Crippen LogP contribution in [0.2, 0.25) is 0 Å². The minimum Gasteiger partial charge on any atom is -0.454 e. The van der Waals surface area contributed by atoms with Gasteiger partial charge in [-0.3, -0.25) is 0 Å². The highest BCUT2D eigenvalue weighted by Gasteiger charge is 2.20. The zero-order valence-electron chi connectivity index (χ0n) is 9.03. The molecule has 0 saturated carbocycles. The third-order valence-corrected chi connectivity index (χ3v) is 2.70. The lowest BCUT2D eigenvalue weighted by atomic mass is 10.0. The van der Waals surface area contributed by atoms with E-state index in [-0.39, 0.29) is 6.04 Å². The SMILES string of the molecule is CCCC[C@H](N)c1cccc2c1OCO2.